The number of carbonyl (C=O) groups excluding carboxylic acids is 4. The number of nitrogens with zero attached hydrogens (tertiary/aromatic N) is 2. The van der Waals surface area contributed by atoms with Gasteiger partial charge in [-0.1, -0.05) is 12.1 Å². The molecule has 2 bridgehead atoms. The first-order chi connectivity index (χ1) is 13.0. The highest BCUT2D eigenvalue weighted by atomic mass is 16.2. The van der Waals surface area contributed by atoms with Crippen LogP contribution >= 0.6 is 0 Å². The van der Waals surface area contributed by atoms with Crippen LogP contribution in [0.1, 0.15) is 45.5 Å². The Morgan fingerprint density at radius 1 is 1.04 bits per heavy atom. The molecule has 2 N–H and O–H groups in total. The van der Waals surface area contributed by atoms with Crippen LogP contribution in [0.4, 0.5) is 0 Å². The summed E-state index contributed by atoms with van der Waals surface area (Å²) in [6, 6.07) is 5.41. The Labute approximate surface area is 155 Å². The van der Waals surface area contributed by atoms with Crippen LogP contribution in [0.25, 0.3) is 0 Å². The van der Waals surface area contributed by atoms with Crippen molar-refractivity contribution in [1.82, 2.24) is 20.4 Å². The zero-order valence-corrected chi connectivity index (χ0v) is 14.7. The van der Waals surface area contributed by atoms with E-state index in [9.17, 15) is 19.2 Å². The van der Waals surface area contributed by atoms with Crippen LogP contribution in [0.3, 0.4) is 0 Å². The van der Waals surface area contributed by atoms with Crippen molar-refractivity contribution in [2.45, 2.75) is 43.9 Å². The second-order valence-electron chi connectivity index (χ2n) is 7.78. The Balaban J connectivity index is 1.42. The summed E-state index contributed by atoms with van der Waals surface area (Å²) in [4.78, 5) is 52.8. The van der Waals surface area contributed by atoms with Gasteiger partial charge in [0.05, 0.1) is 11.1 Å². The van der Waals surface area contributed by atoms with E-state index in [0.717, 1.165) is 23.6 Å². The van der Waals surface area contributed by atoms with Crippen LogP contribution in [-0.4, -0.2) is 64.6 Å². The number of piperidine rings is 2. The van der Waals surface area contributed by atoms with Crippen molar-refractivity contribution in [1.29, 1.82) is 0 Å². The largest absolute Gasteiger partial charge is 0.309 e. The summed E-state index contributed by atoms with van der Waals surface area (Å²) in [5.41, 5.74) is 1.57. The van der Waals surface area contributed by atoms with Crippen LogP contribution in [0.5, 0.6) is 0 Å². The monoisotopic (exact) mass is 368 g/mol. The number of imide groups is 2. The zero-order chi connectivity index (χ0) is 18.7. The molecule has 4 amide bonds. The van der Waals surface area contributed by atoms with E-state index in [1.165, 1.54) is 6.42 Å². The predicted molar refractivity (Wildman–Crippen MR) is 93.7 cm³/mol. The summed E-state index contributed by atoms with van der Waals surface area (Å²) >= 11 is 0. The van der Waals surface area contributed by atoms with Gasteiger partial charge in [0, 0.05) is 38.1 Å². The topological polar surface area (TPSA) is 98.8 Å². The van der Waals surface area contributed by atoms with E-state index in [1.54, 1.807) is 12.1 Å². The van der Waals surface area contributed by atoms with Crippen molar-refractivity contribution >= 4 is 23.6 Å². The third-order valence-electron chi connectivity index (χ3n) is 5.95. The quantitative estimate of drug-likeness (QED) is 0.707. The lowest BCUT2D eigenvalue weighted by molar-refractivity contribution is -0.136. The first-order valence-electron chi connectivity index (χ1n) is 9.33. The smallest absolute Gasteiger partial charge is 0.262 e. The van der Waals surface area contributed by atoms with E-state index in [-0.39, 0.29) is 18.7 Å². The molecule has 0 saturated carbocycles. The number of fused-ring (bicyclic) bond motifs is 3. The second kappa shape index (κ2) is 5.97. The number of nitrogens with one attached hydrogen (secondary N) is 2. The maximum Gasteiger partial charge on any atom is 0.262 e. The van der Waals surface area contributed by atoms with Gasteiger partial charge in [-0.15, -0.1) is 0 Å². The first kappa shape index (κ1) is 16.6. The van der Waals surface area contributed by atoms with Gasteiger partial charge in [0.25, 0.3) is 11.8 Å². The molecule has 27 heavy (non-hydrogen) atoms. The van der Waals surface area contributed by atoms with Crippen LogP contribution in [0.2, 0.25) is 0 Å². The van der Waals surface area contributed by atoms with Gasteiger partial charge in [0.2, 0.25) is 11.8 Å². The maximum atomic E-state index is 13.1. The normalized spacial score (nSPS) is 30.2. The van der Waals surface area contributed by atoms with Gasteiger partial charge >= 0.3 is 0 Å². The third kappa shape index (κ3) is 2.59. The SMILES string of the molecule is O=C1CCC(N2C(=O)c3cccc(CN4CC5CC(C4)N5)c3C2=O)C(=O)N1. The molecule has 8 nitrogen and oxygen atoms in total. The molecule has 0 aromatic heterocycles. The maximum absolute atomic E-state index is 13.1. The molecule has 4 saturated heterocycles. The standard InChI is InChI=1S/C19H20N4O4/c24-15-5-4-14(17(25)21-15)23-18(26)13-3-1-2-10(16(13)19(23)27)7-22-8-11-6-12(9-22)20-11/h1-3,11-12,14,20H,4-9H2,(H,21,24,25). The first-order valence-corrected chi connectivity index (χ1v) is 9.33. The minimum absolute atomic E-state index is 0.125. The van der Waals surface area contributed by atoms with E-state index in [2.05, 4.69) is 15.5 Å². The minimum atomic E-state index is -0.921. The van der Waals surface area contributed by atoms with E-state index in [1.807, 2.05) is 6.07 Å². The molecule has 0 aliphatic carbocycles. The lowest BCUT2D eigenvalue weighted by Gasteiger charge is -2.48. The fourth-order valence-corrected chi connectivity index (χ4v) is 4.69. The molecule has 1 aromatic carbocycles. The molecular weight excluding hydrogens is 348 g/mol. The summed E-state index contributed by atoms with van der Waals surface area (Å²) in [5, 5.41) is 5.70. The lowest BCUT2D eigenvalue weighted by atomic mass is 9.90. The fraction of sp³-hybridized carbons (Fsp3) is 0.474. The fourth-order valence-electron chi connectivity index (χ4n) is 4.69. The molecule has 6 rings (SSSR count). The Bertz CT molecular complexity index is 866. The number of hydrogen-bond donors (Lipinski definition) is 2. The van der Waals surface area contributed by atoms with Gasteiger partial charge in [-0.25, -0.2) is 0 Å². The molecule has 5 heterocycles. The van der Waals surface area contributed by atoms with Crippen molar-refractivity contribution < 1.29 is 19.2 Å². The van der Waals surface area contributed by atoms with Crippen molar-refractivity contribution in [3.63, 3.8) is 0 Å². The molecule has 3 unspecified atom stereocenters. The number of benzene rings is 1. The summed E-state index contributed by atoms with van der Waals surface area (Å²) in [6.07, 6.45) is 1.50. The Morgan fingerprint density at radius 3 is 2.48 bits per heavy atom. The van der Waals surface area contributed by atoms with E-state index in [0.29, 0.717) is 29.8 Å². The number of piperazine rings is 1. The minimum Gasteiger partial charge on any atom is -0.309 e. The van der Waals surface area contributed by atoms with Crippen molar-refractivity contribution in [3.8, 4) is 0 Å². The second-order valence-corrected chi connectivity index (χ2v) is 7.78. The van der Waals surface area contributed by atoms with Crippen LogP contribution in [-0.2, 0) is 16.1 Å². The van der Waals surface area contributed by atoms with Crippen molar-refractivity contribution in [3.05, 3.63) is 34.9 Å². The average Bonchev–Trinajstić information content (AvgIpc) is 2.87. The average molecular weight is 368 g/mol. The van der Waals surface area contributed by atoms with Crippen molar-refractivity contribution in [2.24, 2.45) is 0 Å². The summed E-state index contributed by atoms with van der Waals surface area (Å²) in [6.45, 7) is 2.47. The summed E-state index contributed by atoms with van der Waals surface area (Å²) in [7, 11) is 0. The van der Waals surface area contributed by atoms with Gasteiger partial charge < -0.3 is 5.32 Å². The molecule has 8 heteroatoms. The number of amides is 4. The molecule has 0 spiro atoms. The molecule has 4 fully saturated rings. The van der Waals surface area contributed by atoms with Gasteiger partial charge in [0.1, 0.15) is 6.04 Å². The molecule has 140 valence electrons. The van der Waals surface area contributed by atoms with Crippen LogP contribution in [0, 0.1) is 0 Å². The van der Waals surface area contributed by atoms with E-state index < -0.39 is 23.8 Å². The predicted octanol–water partition coefficient (Wildman–Crippen LogP) is -0.366. The van der Waals surface area contributed by atoms with Gasteiger partial charge in [0.15, 0.2) is 0 Å². The van der Waals surface area contributed by atoms with Crippen molar-refractivity contribution in [2.75, 3.05) is 13.1 Å². The van der Waals surface area contributed by atoms with Gasteiger partial charge in [-0.05, 0) is 24.5 Å². The lowest BCUT2D eigenvalue weighted by Crippen LogP contribution is -2.66. The van der Waals surface area contributed by atoms with E-state index in [4.69, 9.17) is 0 Å². The van der Waals surface area contributed by atoms with Crippen LogP contribution < -0.4 is 10.6 Å². The summed E-state index contributed by atoms with van der Waals surface area (Å²) in [5.74, 6) is -1.83. The highest BCUT2D eigenvalue weighted by Gasteiger charge is 2.46. The Kier molecular flexibility index (Phi) is 3.66. The highest BCUT2D eigenvalue weighted by molar-refractivity contribution is 6.24. The molecule has 0 radical (unpaired) electrons. The third-order valence-corrected chi connectivity index (χ3v) is 5.95. The molecule has 1 aromatic rings. The molecule has 5 aliphatic heterocycles. The summed E-state index contributed by atoms with van der Waals surface area (Å²) < 4.78 is 0. The molecule has 5 aliphatic rings. The molecular formula is C19H20N4O4. The highest BCUT2D eigenvalue weighted by Crippen LogP contribution is 2.31. The Morgan fingerprint density at radius 2 is 1.78 bits per heavy atom. The molecule has 3 atom stereocenters. The van der Waals surface area contributed by atoms with Crippen LogP contribution in [0.15, 0.2) is 18.2 Å². The van der Waals surface area contributed by atoms with E-state index >= 15 is 0 Å². The van der Waals surface area contributed by atoms with Gasteiger partial charge in [-0.2, -0.15) is 0 Å². The van der Waals surface area contributed by atoms with Gasteiger partial charge in [-0.3, -0.25) is 34.3 Å². The number of carbonyl (C=O) groups is 4. The number of hydrogen-bond acceptors (Lipinski definition) is 6. The number of rotatable bonds is 3. The Hall–Kier alpha value is -2.58. The zero-order valence-electron chi connectivity index (χ0n) is 14.7.